The maximum atomic E-state index is 11.8. The number of carbonyl (C=O) groups excluding carboxylic acids is 2. The van der Waals surface area contributed by atoms with E-state index in [2.05, 4.69) is 10.6 Å². The Morgan fingerprint density at radius 2 is 2.00 bits per heavy atom. The molecule has 0 saturated heterocycles. The zero-order chi connectivity index (χ0) is 15.5. The average Bonchev–Trinajstić information content (AvgIpc) is 2.48. The number of hydrogen-bond donors (Lipinski definition) is 3. The largest absolute Gasteiger partial charge is 0.399 e. The second kappa shape index (κ2) is 9.37. The fourth-order valence-electron chi connectivity index (χ4n) is 1.80. The number of rotatable bonds is 8. The van der Waals surface area contributed by atoms with Crippen LogP contribution in [0.25, 0.3) is 0 Å². The molecule has 0 saturated carbocycles. The van der Waals surface area contributed by atoms with E-state index in [1.54, 1.807) is 24.3 Å². The van der Waals surface area contributed by atoms with Gasteiger partial charge in [0.05, 0.1) is 6.07 Å². The molecule has 0 radical (unpaired) electrons. The summed E-state index contributed by atoms with van der Waals surface area (Å²) in [7, 11) is 0. The molecule has 1 rings (SSSR count). The van der Waals surface area contributed by atoms with Crippen LogP contribution in [0.2, 0.25) is 0 Å². The van der Waals surface area contributed by atoms with Gasteiger partial charge >= 0.3 is 0 Å². The van der Waals surface area contributed by atoms with Crippen molar-refractivity contribution in [1.82, 2.24) is 10.6 Å². The molecule has 0 atom stereocenters. The van der Waals surface area contributed by atoms with E-state index < -0.39 is 0 Å². The lowest BCUT2D eigenvalue weighted by Gasteiger charge is -2.06. The third-order valence-electron chi connectivity index (χ3n) is 2.88. The fraction of sp³-hybridized carbons (Fsp3) is 0.400. The highest BCUT2D eigenvalue weighted by Crippen LogP contribution is 2.06. The zero-order valence-corrected chi connectivity index (χ0v) is 11.9. The van der Waals surface area contributed by atoms with E-state index in [4.69, 9.17) is 11.0 Å². The van der Waals surface area contributed by atoms with Gasteiger partial charge < -0.3 is 16.4 Å². The van der Waals surface area contributed by atoms with Crippen LogP contribution in [0.3, 0.4) is 0 Å². The van der Waals surface area contributed by atoms with Gasteiger partial charge in [0.15, 0.2) is 0 Å². The van der Waals surface area contributed by atoms with Crippen LogP contribution < -0.4 is 16.4 Å². The topological polar surface area (TPSA) is 108 Å². The number of unbranched alkanes of at least 4 members (excludes halogenated alkanes) is 2. The molecule has 0 heterocycles. The van der Waals surface area contributed by atoms with Gasteiger partial charge in [0.1, 0.15) is 6.54 Å². The quantitative estimate of drug-likeness (QED) is 0.379. The molecule has 1 aromatic carbocycles. The van der Waals surface area contributed by atoms with Crippen LogP contribution in [0.5, 0.6) is 0 Å². The molecule has 2 amide bonds. The number of nitrogens with zero attached hydrogens (tertiary/aromatic N) is 1. The minimum Gasteiger partial charge on any atom is -0.399 e. The summed E-state index contributed by atoms with van der Waals surface area (Å²) in [6, 6.07) is 8.67. The Morgan fingerprint density at radius 3 is 2.71 bits per heavy atom. The molecule has 0 unspecified atom stereocenters. The van der Waals surface area contributed by atoms with Crippen molar-refractivity contribution in [3.8, 4) is 6.07 Å². The molecule has 6 nitrogen and oxygen atoms in total. The van der Waals surface area contributed by atoms with E-state index in [1.165, 1.54) is 0 Å². The molecule has 6 heteroatoms. The van der Waals surface area contributed by atoms with Crippen LogP contribution >= 0.6 is 0 Å². The molecule has 112 valence electrons. The van der Waals surface area contributed by atoms with Gasteiger partial charge in [-0.15, -0.1) is 0 Å². The maximum Gasteiger partial charge on any atom is 0.251 e. The van der Waals surface area contributed by atoms with Gasteiger partial charge in [0, 0.05) is 24.2 Å². The third kappa shape index (κ3) is 6.97. The average molecular weight is 288 g/mol. The molecular formula is C15H20N4O2. The van der Waals surface area contributed by atoms with E-state index >= 15 is 0 Å². The van der Waals surface area contributed by atoms with Gasteiger partial charge in [-0.25, -0.2) is 0 Å². The summed E-state index contributed by atoms with van der Waals surface area (Å²) in [5, 5.41) is 13.6. The van der Waals surface area contributed by atoms with Crippen LogP contribution in [-0.4, -0.2) is 24.9 Å². The van der Waals surface area contributed by atoms with E-state index in [0.29, 0.717) is 24.2 Å². The van der Waals surface area contributed by atoms with E-state index in [9.17, 15) is 9.59 Å². The fourth-order valence-corrected chi connectivity index (χ4v) is 1.80. The SMILES string of the molecule is N#CCNC(=O)CCCCCNC(=O)c1cccc(N)c1. The lowest BCUT2D eigenvalue weighted by Crippen LogP contribution is -2.25. The molecule has 1 aromatic rings. The van der Waals surface area contributed by atoms with Crippen molar-refractivity contribution in [3.05, 3.63) is 29.8 Å². The molecule has 0 aromatic heterocycles. The molecule has 0 aliphatic heterocycles. The normalized spacial score (nSPS) is 9.67. The summed E-state index contributed by atoms with van der Waals surface area (Å²) < 4.78 is 0. The summed E-state index contributed by atoms with van der Waals surface area (Å²) in [6.45, 7) is 0.614. The minimum atomic E-state index is -0.144. The number of nitrogens with two attached hydrogens (primary N) is 1. The van der Waals surface area contributed by atoms with Crippen molar-refractivity contribution in [1.29, 1.82) is 5.26 Å². The van der Waals surface area contributed by atoms with Crippen molar-refractivity contribution in [2.75, 3.05) is 18.8 Å². The highest BCUT2D eigenvalue weighted by Gasteiger charge is 2.04. The lowest BCUT2D eigenvalue weighted by molar-refractivity contribution is -0.120. The standard InChI is InChI=1S/C15H20N4O2/c16-8-10-18-14(20)7-2-1-3-9-19-15(21)12-5-4-6-13(17)11-12/h4-6,11H,1-3,7,9-10,17H2,(H,18,20)(H,19,21). The third-order valence-corrected chi connectivity index (χ3v) is 2.88. The number of nitrogen functional groups attached to an aromatic ring is 1. The van der Waals surface area contributed by atoms with Gasteiger partial charge in [-0.1, -0.05) is 12.5 Å². The second-order valence-electron chi connectivity index (χ2n) is 4.63. The van der Waals surface area contributed by atoms with Crippen molar-refractivity contribution in [3.63, 3.8) is 0 Å². The number of carbonyl (C=O) groups is 2. The molecule has 0 aliphatic rings. The van der Waals surface area contributed by atoms with Gasteiger partial charge in [0.25, 0.3) is 5.91 Å². The van der Waals surface area contributed by atoms with E-state index in [1.807, 2.05) is 6.07 Å². The predicted molar refractivity (Wildman–Crippen MR) is 80.3 cm³/mol. The molecule has 4 N–H and O–H groups in total. The zero-order valence-electron chi connectivity index (χ0n) is 11.9. The summed E-state index contributed by atoms with van der Waals surface area (Å²) in [5.74, 6) is -0.255. The maximum absolute atomic E-state index is 11.8. The highest BCUT2D eigenvalue weighted by molar-refractivity contribution is 5.94. The Bertz CT molecular complexity index is 523. The Hall–Kier alpha value is -2.55. The van der Waals surface area contributed by atoms with Crippen molar-refractivity contribution in [2.24, 2.45) is 0 Å². The van der Waals surface area contributed by atoms with Crippen LogP contribution in [0.1, 0.15) is 36.0 Å². The van der Waals surface area contributed by atoms with Gasteiger partial charge in [0.2, 0.25) is 5.91 Å². The number of hydrogen-bond acceptors (Lipinski definition) is 4. The molecule has 0 spiro atoms. The van der Waals surface area contributed by atoms with Crippen molar-refractivity contribution >= 4 is 17.5 Å². The van der Waals surface area contributed by atoms with Crippen LogP contribution in [0, 0.1) is 11.3 Å². The number of anilines is 1. The smallest absolute Gasteiger partial charge is 0.251 e. The molecule has 0 aliphatic carbocycles. The molecular weight excluding hydrogens is 268 g/mol. The Kier molecular flexibility index (Phi) is 7.36. The first kappa shape index (κ1) is 16.5. The van der Waals surface area contributed by atoms with Crippen LogP contribution in [0.15, 0.2) is 24.3 Å². The number of nitrogens with one attached hydrogen (secondary N) is 2. The van der Waals surface area contributed by atoms with Crippen molar-refractivity contribution < 1.29 is 9.59 Å². The summed E-state index contributed by atoms with van der Waals surface area (Å²) in [5.41, 5.74) is 6.72. The monoisotopic (exact) mass is 288 g/mol. The number of benzene rings is 1. The summed E-state index contributed by atoms with van der Waals surface area (Å²) in [4.78, 5) is 23.0. The summed E-state index contributed by atoms with van der Waals surface area (Å²) in [6.07, 6.45) is 2.80. The molecule has 0 bridgehead atoms. The van der Waals surface area contributed by atoms with E-state index in [-0.39, 0.29) is 18.4 Å². The van der Waals surface area contributed by atoms with Crippen molar-refractivity contribution in [2.45, 2.75) is 25.7 Å². The first-order chi connectivity index (χ1) is 10.1. The molecule has 21 heavy (non-hydrogen) atoms. The van der Waals surface area contributed by atoms with E-state index in [0.717, 1.165) is 19.3 Å². The van der Waals surface area contributed by atoms with Gasteiger partial charge in [-0.3, -0.25) is 9.59 Å². The first-order valence-electron chi connectivity index (χ1n) is 6.91. The van der Waals surface area contributed by atoms with Crippen LogP contribution in [0.4, 0.5) is 5.69 Å². The Labute approximate surface area is 124 Å². The minimum absolute atomic E-state index is 0.0507. The van der Waals surface area contributed by atoms with Gasteiger partial charge in [-0.2, -0.15) is 5.26 Å². The predicted octanol–water partition coefficient (Wildman–Crippen LogP) is 1.20. The molecule has 0 fully saturated rings. The van der Waals surface area contributed by atoms with Crippen LogP contribution in [-0.2, 0) is 4.79 Å². The first-order valence-corrected chi connectivity index (χ1v) is 6.91. The van der Waals surface area contributed by atoms with Gasteiger partial charge in [-0.05, 0) is 31.0 Å². The second-order valence-corrected chi connectivity index (χ2v) is 4.63. The lowest BCUT2D eigenvalue weighted by atomic mass is 10.1. The Balaban J connectivity index is 2.10. The highest BCUT2D eigenvalue weighted by atomic mass is 16.2. The Morgan fingerprint density at radius 1 is 1.19 bits per heavy atom. The summed E-state index contributed by atoms with van der Waals surface area (Å²) >= 11 is 0. The number of amides is 2. The number of nitriles is 1.